The molecule has 20 heavy (non-hydrogen) atoms. The van der Waals surface area contributed by atoms with Gasteiger partial charge in [0.25, 0.3) is 0 Å². The standard InChI is InChI=1S/C17H19BrO2/c1-19-15-3-2-4-16(11-15)20-17-8-6-12-9-14(18)7-5-13(12)10-17/h5-10,15-16H,2-4,11H2,1H3. The Hall–Kier alpha value is -1.06. The van der Waals surface area contributed by atoms with E-state index in [2.05, 4.69) is 52.3 Å². The highest BCUT2D eigenvalue weighted by Gasteiger charge is 2.23. The molecule has 0 aromatic heterocycles. The minimum absolute atomic E-state index is 0.279. The van der Waals surface area contributed by atoms with Gasteiger partial charge in [0.15, 0.2) is 0 Å². The number of fused-ring (bicyclic) bond motifs is 1. The maximum atomic E-state index is 6.13. The van der Waals surface area contributed by atoms with Crippen molar-refractivity contribution in [2.75, 3.05) is 7.11 Å². The van der Waals surface area contributed by atoms with Crippen LogP contribution in [0.5, 0.6) is 5.75 Å². The molecule has 0 radical (unpaired) electrons. The van der Waals surface area contributed by atoms with Crippen LogP contribution in [0.2, 0.25) is 0 Å². The second-order valence-corrected chi connectivity index (χ2v) is 6.33. The van der Waals surface area contributed by atoms with Crippen molar-refractivity contribution in [1.29, 1.82) is 0 Å². The molecule has 0 saturated heterocycles. The number of methoxy groups -OCH3 is 1. The number of benzene rings is 2. The Labute approximate surface area is 128 Å². The number of ether oxygens (including phenoxy) is 2. The number of hydrogen-bond acceptors (Lipinski definition) is 2. The van der Waals surface area contributed by atoms with E-state index in [1.807, 2.05) is 0 Å². The van der Waals surface area contributed by atoms with Gasteiger partial charge in [0.1, 0.15) is 11.9 Å². The first-order chi connectivity index (χ1) is 9.74. The molecule has 0 amide bonds. The zero-order valence-corrected chi connectivity index (χ0v) is 13.2. The summed E-state index contributed by atoms with van der Waals surface area (Å²) in [5, 5.41) is 2.44. The number of halogens is 1. The van der Waals surface area contributed by atoms with Gasteiger partial charge in [-0.25, -0.2) is 0 Å². The van der Waals surface area contributed by atoms with Gasteiger partial charge in [0.05, 0.1) is 6.10 Å². The highest BCUT2D eigenvalue weighted by atomic mass is 79.9. The van der Waals surface area contributed by atoms with Crippen LogP contribution in [0.25, 0.3) is 10.8 Å². The van der Waals surface area contributed by atoms with Crippen LogP contribution in [0.3, 0.4) is 0 Å². The first kappa shape index (κ1) is 13.9. The maximum absolute atomic E-state index is 6.13. The fourth-order valence-corrected chi connectivity index (χ4v) is 3.26. The maximum Gasteiger partial charge on any atom is 0.120 e. The molecule has 1 saturated carbocycles. The molecule has 2 atom stereocenters. The van der Waals surface area contributed by atoms with Crippen LogP contribution in [0, 0.1) is 0 Å². The van der Waals surface area contributed by atoms with Crippen molar-refractivity contribution < 1.29 is 9.47 Å². The second-order valence-electron chi connectivity index (χ2n) is 5.42. The van der Waals surface area contributed by atoms with Crippen molar-refractivity contribution in [3.63, 3.8) is 0 Å². The van der Waals surface area contributed by atoms with Crippen LogP contribution in [-0.2, 0) is 4.74 Å². The summed E-state index contributed by atoms with van der Waals surface area (Å²) in [6.07, 6.45) is 5.09. The highest BCUT2D eigenvalue weighted by Crippen LogP contribution is 2.28. The molecule has 0 N–H and O–H groups in total. The lowest BCUT2D eigenvalue weighted by atomic mass is 9.95. The molecule has 3 heteroatoms. The molecule has 2 aromatic rings. The molecular weight excluding hydrogens is 316 g/mol. The molecule has 0 heterocycles. The average Bonchev–Trinajstić information content (AvgIpc) is 2.47. The summed E-state index contributed by atoms with van der Waals surface area (Å²) in [6.45, 7) is 0. The van der Waals surface area contributed by atoms with Gasteiger partial charge in [0, 0.05) is 18.0 Å². The van der Waals surface area contributed by atoms with Crippen molar-refractivity contribution in [3.8, 4) is 5.75 Å². The van der Waals surface area contributed by atoms with Crippen LogP contribution in [-0.4, -0.2) is 19.3 Å². The molecule has 2 aromatic carbocycles. The molecular formula is C17H19BrO2. The van der Waals surface area contributed by atoms with E-state index in [-0.39, 0.29) is 6.10 Å². The summed E-state index contributed by atoms with van der Waals surface area (Å²) in [4.78, 5) is 0. The SMILES string of the molecule is COC1CCCC(Oc2ccc3cc(Br)ccc3c2)C1. The van der Waals surface area contributed by atoms with E-state index >= 15 is 0 Å². The predicted molar refractivity (Wildman–Crippen MR) is 85.3 cm³/mol. The Morgan fingerprint density at radius 2 is 1.75 bits per heavy atom. The van der Waals surface area contributed by atoms with E-state index in [0.29, 0.717) is 6.10 Å². The zero-order valence-electron chi connectivity index (χ0n) is 11.6. The lowest BCUT2D eigenvalue weighted by Crippen LogP contribution is -2.29. The van der Waals surface area contributed by atoms with E-state index < -0.39 is 0 Å². The molecule has 2 nitrogen and oxygen atoms in total. The zero-order chi connectivity index (χ0) is 13.9. The highest BCUT2D eigenvalue weighted by molar-refractivity contribution is 9.10. The van der Waals surface area contributed by atoms with Crippen LogP contribution in [0.15, 0.2) is 40.9 Å². The largest absolute Gasteiger partial charge is 0.490 e. The minimum atomic E-state index is 0.279. The van der Waals surface area contributed by atoms with Crippen molar-refractivity contribution in [1.82, 2.24) is 0 Å². The van der Waals surface area contributed by atoms with Gasteiger partial charge in [-0.3, -0.25) is 0 Å². The Kier molecular flexibility index (Phi) is 4.27. The van der Waals surface area contributed by atoms with E-state index in [1.165, 1.54) is 17.2 Å². The van der Waals surface area contributed by atoms with E-state index in [9.17, 15) is 0 Å². The lowest BCUT2D eigenvalue weighted by Gasteiger charge is -2.28. The molecule has 0 aliphatic heterocycles. The van der Waals surface area contributed by atoms with Gasteiger partial charge >= 0.3 is 0 Å². The third-order valence-corrected chi connectivity index (χ3v) is 4.48. The minimum Gasteiger partial charge on any atom is -0.490 e. The molecule has 1 fully saturated rings. The summed E-state index contributed by atoms with van der Waals surface area (Å²) in [6, 6.07) is 12.6. The van der Waals surface area contributed by atoms with E-state index in [0.717, 1.165) is 29.5 Å². The van der Waals surface area contributed by atoms with Crippen LogP contribution in [0.4, 0.5) is 0 Å². The lowest BCUT2D eigenvalue weighted by molar-refractivity contribution is 0.0210. The molecule has 3 rings (SSSR count). The first-order valence-corrected chi connectivity index (χ1v) is 7.92. The quantitative estimate of drug-likeness (QED) is 0.791. The molecule has 0 spiro atoms. The smallest absolute Gasteiger partial charge is 0.120 e. The van der Waals surface area contributed by atoms with Crippen LogP contribution < -0.4 is 4.74 Å². The van der Waals surface area contributed by atoms with E-state index in [4.69, 9.17) is 9.47 Å². The normalized spacial score (nSPS) is 22.9. The number of rotatable bonds is 3. The Morgan fingerprint density at radius 1 is 1.00 bits per heavy atom. The van der Waals surface area contributed by atoms with Gasteiger partial charge in [-0.2, -0.15) is 0 Å². The van der Waals surface area contributed by atoms with E-state index in [1.54, 1.807) is 7.11 Å². The fourth-order valence-electron chi connectivity index (χ4n) is 2.88. The number of hydrogen-bond donors (Lipinski definition) is 0. The fraction of sp³-hybridized carbons (Fsp3) is 0.412. The topological polar surface area (TPSA) is 18.5 Å². The summed E-state index contributed by atoms with van der Waals surface area (Å²) >= 11 is 3.50. The molecule has 106 valence electrons. The van der Waals surface area contributed by atoms with Crippen molar-refractivity contribution in [3.05, 3.63) is 40.9 Å². The second kappa shape index (κ2) is 6.15. The third kappa shape index (κ3) is 3.15. The third-order valence-electron chi connectivity index (χ3n) is 3.99. The predicted octanol–water partition coefficient (Wildman–Crippen LogP) is 4.94. The average molecular weight is 335 g/mol. The Balaban J connectivity index is 1.75. The molecule has 0 bridgehead atoms. The Morgan fingerprint density at radius 3 is 2.60 bits per heavy atom. The molecule has 1 aliphatic carbocycles. The van der Waals surface area contributed by atoms with Crippen molar-refractivity contribution in [2.45, 2.75) is 37.9 Å². The van der Waals surface area contributed by atoms with Gasteiger partial charge in [0.2, 0.25) is 0 Å². The van der Waals surface area contributed by atoms with Gasteiger partial charge in [-0.05, 0) is 54.3 Å². The summed E-state index contributed by atoms with van der Waals surface area (Å²) < 4.78 is 12.7. The summed E-state index contributed by atoms with van der Waals surface area (Å²) in [5.41, 5.74) is 0. The Bertz CT molecular complexity index is 597. The van der Waals surface area contributed by atoms with Gasteiger partial charge < -0.3 is 9.47 Å². The molecule has 2 unspecified atom stereocenters. The van der Waals surface area contributed by atoms with Crippen LogP contribution in [0.1, 0.15) is 25.7 Å². The summed E-state index contributed by atoms with van der Waals surface area (Å²) in [5.74, 6) is 0.960. The van der Waals surface area contributed by atoms with Gasteiger partial charge in [-0.1, -0.05) is 28.1 Å². The van der Waals surface area contributed by atoms with Gasteiger partial charge in [-0.15, -0.1) is 0 Å². The monoisotopic (exact) mass is 334 g/mol. The van der Waals surface area contributed by atoms with Crippen molar-refractivity contribution in [2.24, 2.45) is 0 Å². The summed E-state index contributed by atoms with van der Waals surface area (Å²) in [7, 11) is 1.79. The first-order valence-electron chi connectivity index (χ1n) is 7.13. The van der Waals surface area contributed by atoms with Crippen molar-refractivity contribution >= 4 is 26.7 Å². The van der Waals surface area contributed by atoms with Crippen LogP contribution >= 0.6 is 15.9 Å². The molecule has 1 aliphatic rings.